The van der Waals surface area contributed by atoms with Gasteiger partial charge < -0.3 is 5.73 Å². The lowest BCUT2D eigenvalue weighted by Crippen LogP contribution is -2.33. The zero-order valence-electron chi connectivity index (χ0n) is 12.6. The zero-order valence-corrected chi connectivity index (χ0v) is 14.3. The third kappa shape index (κ3) is 3.44. The first kappa shape index (κ1) is 16.4. The Bertz CT molecular complexity index is 662. The first-order valence-electron chi connectivity index (χ1n) is 7.08. The van der Waals surface area contributed by atoms with Crippen molar-refractivity contribution in [1.29, 1.82) is 0 Å². The number of sulfonamides is 1. The van der Waals surface area contributed by atoms with Crippen molar-refractivity contribution in [2.75, 3.05) is 6.54 Å². The van der Waals surface area contributed by atoms with Crippen molar-refractivity contribution in [2.24, 2.45) is 17.1 Å². The van der Waals surface area contributed by atoms with Gasteiger partial charge in [-0.15, -0.1) is 0 Å². The fourth-order valence-electron chi connectivity index (χ4n) is 2.48. The van der Waals surface area contributed by atoms with Crippen LogP contribution in [0.3, 0.4) is 0 Å². The Hall–Kier alpha value is -0.980. The fourth-order valence-corrected chi connectivity index (χ4v) is 4.01. The Kier molecular flexibility index (Phi) is 4.42. The van der Waals surface area contributed by atoms with Gasteiger partial charge in [0.05, 0.1) is 4.90 Å². The minimum atomic E-state index is -3.54. The van der Waals surface area contributed by atoms with E-state index in [0.29, 0.717) is 23.6 Å². The van der Waals surface area contributed by atoms with E-state index in [1.54, 1.807) is 25.1 Å². The molecule has 0 unspecified atom stereocenters. The number of aryl methyl sites for hydroxylation is 1. The summed E-state index contributed by atoms with van der Waals surface area (Å²) in [6.45, 7) is 6.54. The second-order valence-corrected chi connectivity index (χ2v) is 8.36. The molecule has 0 saturated heterocycles. The Labute approximate surface area is 132 Å². The average molecular weight is 326 g/mol. The maximum absolute atomic E-state index is 12.5. The first-order chi connectivity index (χ1) is 9.68. The predicted octanol–water partition coefficient (Wildman–Crippen LogP) is 2.34. The van der Waals surface area contributed by atoms with Crippen molar-refractivity contribution in [3.8, 4) is 0 Å². The van der Waals surface area contributed by atoms with Crippen LogP contribution in [0.25, 0.3) is 0 Å². The minimum absolute atomic E-state index is 0.127. The second kappa shape index (κ2) is 5.66. The van der Waals surface area contributed by atoms with E-state index in [2.05, 4.69) is 18.6 Å². The Morgan fingerprint density at radius 1 is 1.43 bits per heavy atom. The molecule has 1 saturated carbocycles. The summed E-state index contributed by atoms with van der Waals surface area (Å²) in [6, 6.07) is 5.03. The summed E-state index contributed by atoms with van der Waals surface area (Å²) in [5, 5.41) is 0. The lowest BCUT2D eigenvalue weighted by molar-refractivity contribution is 0.357. The van der Waals surface area contributed by atoms with Gasteiger partial charge in [-0.2, -0.15) is 0 Å². The number of nitrogens with one attached hydrogen (secondary N) is 1. The third-order valence-electron chi connectivity index (χ3n) is 4.49. The van der Waals surface area contributed by atoms with Gasteiger partial charge in [-0.1, -0.05) is 38.2 Å². The van der Waals surface area contributed by atoms with E-state index in [4.69, 9.17) is 18.0 Å². The van der Waals surface area contributed by atoms with Gasteiger partial charge in [0.1, 0.15) is 4.99 Å². The Morgan fingerprint density at radius 3 is 2.52 bits per heavy atom. The third-order valence-corrected chi connectivity index (χ3v) is 6.27. The molecule has 3 N–H and O–H groups in total. The van der Waals surface area contributed by atoms with Crippen molar-refractivity contribution < 1.29 is 8.42 Å². The van der Waals surface area contributed by atoms with Gasteiger partial charge in [-0.3, -0.25) is 0 Å². The predicted molar refractivity (Wildman–Crippen MR) is 88.8 cm³/mol. The van der Waals surface area contributed by atoms with Gasteiger partial charge >= 0.3 is 0 Å². The Morgan fingerprint density at radius 2 is 2.05 bits per heavy atom. The van der Waals surface area contributed by atoms with Crippen LogP contribution in [0.5, 0.6) is 0 Å². The summed E-state index contributed by atoms with van der Waals surface area (Å²) < 4.78 is 27.8. The van der Waals surface area contributed by atoms with Gasteiger partial charge in [0.15, 0.2) is 0 Å². The van der Waals surface area contributed by atoms with Gasteiger partial charge in [0.25, 0.3) is 0 Å². The van der Waals surface area contributed by atoms with E-state index in [1.165, 1.54) is 0 Å². The molecule has 6 heteroatoms. The SMILES string of the molecule is Cc1ccc(C(N)=S)cc1S(=O)(=O)NCC1(C(C)C)CC1. The van der Waals surface area contributed by atoms with Crippen LogP contribution in [0, 0.1) is 18.3 Å². The fraction of sp³-hybridized carbons (Fsp3) is 0.533. The number of rotatable bonds is 6. The Balaban J connectivity index is 2.24. The van der Waals surface area contributed by atoms with Crippen LogP contribution in [0.15, 0.2) is 23.1 Å². The quantitative estimate of drug-likeness (QED) is 0.787. The summed E-state index contributed by atoms with van der Waals surface area (Å²) in [6.07, 6.45) is 2.16. The molecule has 0 aliphatic heterocycles. The number of benzene rings is 1. The molecule has 21 heavy (non-hydrogen) atoms. The molecule has 1 fully saturated rings. The molecule has 2 rings (SSSR count). The maximum atomic E-state index is 12.5. The summed E-state index contributed by atoms with van der Waals surface area (Å²) in [7, 11) is -3.54. The summed E-state index contributed by atoms with van der Waals surface area (Å²) in [4.78, 5) is 0.458. The van der Waals surface area contributed by atoms with E-state index in [0.717, 1.165) is 12.8 Å². The van der Waals surface area contributed by atoms with Gasteiger partial charge in [0, 0.05) is 12.1 Å². The molecule has 0 heterocycles. The lowest BCUT2D eigenvalue weighted by atomic mass is 9.93. The topological polar surface area (TPSA) is 72.2 Å². The molecule has 0 bridgehead atoms. The molecule has 0 amide bonds. The molecule has 1 aromatic rings. The standard InChI is InChI=1S/C15H22N2O2S2/c1-10(2)15(6-7-15)9-17-21(18,19)13-8-12(14(16)20)5-4-11(13)3/h4-5,8,10,17H,6-7,9H2,1-3H3,(H2,16,20). The van der Waals surface area contributed by atoms with Crippen molar-refractivity contribution in [1.82, 2.24) is 4.72 Å². The highest BCUT2D eigenvalue weighted by molar-refractivity contribution is 7.89. The number of thiocarbonyl (C=S) groups is 1. The molecule has 0 aromatic heterocycles. The van der Waals surface area contributed by atoms with Crippen molar-refractivity contribution in [2.45, 2.75) is 38.5 Å². The number of hydrogen-bond donors (Lipinski definition) is 2. The molecule has 0 radical (unpaired) electrons. The largest absolute Gasteiger partial charge is 0.389 e. The molecule has 0 atom stereocenters. The van der Waals surface area contributed by atoms with Crippen LogP contribution in [-0.4, -0.2) is 20.0 Å². The van der Waals surface area contributed by atoms with Gasteiger partial charge in [0.2, 0.25) is 10.0 Å². The van der Waals surface area contributed by atoms with Crippen molar-refractivity contribution in [3.05, 3.63) is 29.3 Å². The smallest absolute Gasteiger partial charge is 0.240 e. The highest BCUT2D eigenvalue weighted by atomic mass is 32.2. The van der Waals surface area contributed by atoms with Crippen LogP contribution in [0.2, 0.25) is 0 Å². The lowest BCUT2D eigenvalue weighted by Gasteiger charge is -2.20. The second-order valence-electron chi connectivity index (χ2n) is 6.19. The van der Waals surface area contributed by atoms with Gasteiger partial charge in [-0.05, 0) is 42.7 Å². The highest BCUT2D eigenvalue weighted by Gasteiger charge is 2.45. The molecular formula is C15H22N2O2S2. The van der Waals surface area contributed by atoms with Crippen LogP contribution >= 0.6 is 12.2 Å². The van der Waals surface area contributed by atoms with Crippen LogP contribution in [0.1, 0.15) is 37.8 Å². The highest BCUT2D eigenvalue weighted by Crippen LogP contribution is 2.51. The molecule has 1 aliphatic rings. The number of hydrogen-bond acceptors (Lipinski definition) is 3. The van der Waals surface area contributed by atoms with E-state index in [9.17, 15) is 8.42 Å². The monoisotopic (exact) mass is 326 g/mol. The summed E-state index contributed by atoms with van der Waals surface area (Å²) >= 11 is 4.92. The summed E-state index contributed by atoms with van der Waals surface area (Å²) in [5.41, 5.74) is 6.97. The summed E-state index contributed by atoms with van der Waals surface area (Å²) in [5.74, 6) is 0.476. The van der Waals surface area contributed by atoms with Crippen molar-refractivity contribution in [3.63, 3.8) is 0 Å². The van der Waals surface area contributed by atoms with Gasteiger partial charge in [-0.25, -0.2) is 13.1 Å². The zero-order chi connectivity index (χ0) is 15.8. The van der Waals surface area contributed by atoms with Crippen LogP contribution in [0.4, 0.5) is 0 Å². The normalized spacial score (nSPS) is 17.0. The number of nitrogens with two attached hydrogens (primary N) is 1. The van der Waals surface area contributed by atoms with E-state index in [-0.39, 0.29) is 15.3 Å². The minimum Gasteiger partial charge on any atom is -0.389 e. The van der Waals surface area contributed by atoms with E-state index in [1.807, 2.05) is 0 Å². The van der Waals surface area contributed by atoms with Crippen molar-refractivity contribution >= 4 is 27.2 Å². The van der Waals surface area contributed by atoms with E-state index < -0.39 is 10.0 Å². The maximum Gasteiger partial charge on any atom is 0.240 e. The average Bonchev–Trinajstić information content (AvgIpc) is 3.17. The molecular weight excluding hydrogens is 304 g/mol. The molecule has 116 valence electrons. The first-order valence-corrected chi connectivity index (χ1v) is 8.97. The van der Waals surface area contributed by atoms with Crippen LogP contribution < -0.4 is 10.5 Å². The van der Waals surface area contributed by atoms with Crippen LogP contribution in [-0.2, 0) is 10.0 Å². The molecule has 0 spiro atoms. The van der Waals surface area contributed by atoms with E-state index >= 15 is 0 Å². The molecule has 1 aromatic carbocycles. The molecule has 4 nitrogen and oxygen atoms in total. The molecule has 1 aliphatic carbocycles.